The van der Waals surface area contributed by atoms with Crippen LogP contribution in [0.1, 0.15) is 5.69 Å². The lowest BCUT2D eigenvalue weighted by Crippen LogP contribution is -1.90. The van der Waals surface area contributed by atoms with E-state index in [2.05, 4.69) is 10.2 Å². The molecule has 2 aromatic rings. The van der Waals surface area contributed by atoms with Crippen molar-refractivity contribution < 1.29 is 9.47 Å². The molecular formula is C12H14N2O2. The van der Waals surface area contributed by atoms with Gasteiger partial charge < -0.3 is 9.47 Å². The molecule has 0 atom stereocenters. The summed E-state index contributed by atoms with van der Waals surface area (Å²) >= 11 is 0. The summed E-state index contributed by atoms with van der Waals surface area (Å²) < 4.78 is 10.5. The van der Waals surface area contributed by atoms with Crippen LogP contribution in [0.3, 0.4) is 0 Å². The van der Waals surface area contributed by atoms with Crippen molar-refractivity contribution in [2.45, 2.75) is 6.92 Å². The molecule has 84 valence electrons. The molecule has 0 saturated heterocycles. The Labute approximate surface area is 94.2 Å². The average molecular weight is 218 g/mol. The van der Waals surface area contributed by atoms with Crippen molar-refractivity contribution >= 4 is 0 Å². The molecule has 1 N–H and O–H groups in total. The number of methoxy groups -OCH3 is 2. The van der Waals surface area contributed by atoms with Gasteiger partial charge in [0, 0.05) is 17.3 Å². The van der Waals surface area contributed by atoms with Crippen LogP contribution in [0.15, 0.2) is 24.3 Å². The van der Waals surface area contributed by atoms with Crippen LogP contribution in [0, 0.1) is 6.92 Å². The highest BCUT2D eigenvalue weighted by Gasteiger charge is 2.09. The van der Waals surface area contributed by atoms with Gasteiger partial charge in [0.1, 0.15) is 11.5 Å². The minimum Gasteiger partial charge on any atom is -0.497 e. The fourth-order valence-corrected chi connectivity index (χ4v) is 1.57. The molecule has 0 bridgehead atoms. The number of nitrogens with one attached hydrogen (secondary N) is 1. The molecule has 0 amide bonds. The van der Waals surface area contributed by atoms with Gasteiger partial charge in [-0.15, -0.1) is 0 Å². The summed E-state index contributed by atoms with van der Waals surface area (Å²) in [6.45, 7) is 1.96. The molecule has 0 aliphatic rings. The van der Waals surface area contributed by atoms with Gasteiger partial charge in [0.2, 0.25) is 0 Å². The number of aryl methyl sites for hydroxylation is 1. The summed E-state index contributed by atoms with van der Waals surface area (Å²) in [5.74, 6) is 1.53. The number of benzene rings is 1. The highest BCUT2D eigenvalue weighted by Crippen LogP contribution is 2.32. The largest absolute Gasteiger partial charge is 0.497 e. The van der Waals surface area contributed by atoms with Gasteiger partial charge >= 0.3 is 0 Å². The number of aromatic amines is 1. The number of ether oxygens (including phenoxy) is 2. The first kappa shape index (κ1) is 10.5. The van der Waals surface area contributed by atoms with E-state index in [4.69, 9.17) is 9.47 Å². The van der Waals surface area contributed by atoms with Crippen molar-refractivity contribution in [2.24, 2.45) is 0 Å². The third kappa shape index (κ3) is 1.86. The Morgan fingerprint density at radius 2 is 1.94 bits per heavy atom. The summed E-state index contributed by atoms with van der Waals surface area (Å²) in [5, 5.41) is 7.11. The number of hydrogen-bond donors (Lipinski definition) is 1. The second kappa shape index (κ2) is 4.26. The molecule has 1 aromatic heterocycles. The first-order valence-electron chi connectivity index (χ1n) is 4.99. The Morgan fingerprint density at radius 3 is 2.50 bits per heavy atom. The van der Waals surface area contributed by atoms with Crippen molar-refractivity contribution in [3.63, 3.8) is 0 Å². The topological polar surface area (TPSA) is 47.1 Å². The number of H-pyrrole nitrogens is 1. The highest BCUT2D eigenvalue weighted by atomic mass is 16.5. The molecule has 0 saturated carbocycles. The van der Waals surface area contributed by atoms with Crippen LogP contribution in [0.5, 0.6) is 11.5 Å². The van der Waals surface area contributed by atoms with Crippen molar-refractivity contribution in [2.75, 3.05) is 14.2 Å². The van der Waals surface area contributed by atoms with E-state index in [1.807, 2.05) is 31.2 Å². The third-order valence-corrected chi connectivity index (χ3v) is 2.39. The third-order valence-electron chi connectivity index (χ3n) is 2.39. The van der Waals surface area contributed by atoms with Crippen LogP contribution in [-0.4, -0.2) is 24.4 Å². The van der Waals surface area contributed by atoms with Crippen LogP contribution in [-0.2, 0) is 0 Å². The summed E-state index contributed by atoms with van der Waals surface area (Å²) in [5.41, 5.74) is 2.84. The molecule has 0 unspecified atom stereocenters. The van der Waals surface area contributed by atoms with Crippen LogP contribution >= 0.6 is 0 Å². The van der Waals surface area contributed by atoms with Crippen molar-refractivity contribution in [3.8, 4) is 22.8 Å². The van der Waals surface area contributed by atoms with E-state index >= 15 is 0 Å². The molecule has 4 nitrogen and oxygen atoms in total. The zero-order chi connectivity index (χ0) is 11.5. The monoisotopic (exact) mass is 218 g/mol. The van der Waals surface area contributed by atoms with Gasteiger partial charge in [-0.3, -0.25) is 5.10 Å². The number of aromatic nitrogens is 2. The summed E-state index contributed by atoms with van der Waals surface area (Å²) in [6.07, 6.45) is 0. The Morgan fingerprint density at radius 1 is 1.12 bits per heavy atom. The van der Waals surface area contributed by atoms with Gasteiger partial charge in [0.15, 0.2) is 0 Å². The molecule has 1 heterocycles. The first-order valence-corrected chi connectivity index (χ1v) is 4.99. The molecule has 0 fully saturated rings. The summed E-state index contributed by atoms with van der Waals surface area (Å²) in [7, 11) is 3.27. The highest BCUT2D eigenvalue weighted by molar-refractivity contribution is 5.68. The SMILES string of the molecule is COc1ccc(-c2cc(C)[nH]n2)c(OC)c1. The first-order chi connectivity index (χ1) is 7.74. The van der Waals surface area contributed by atoms with Crippen LogP contribution in [0.2, 0.25) is 0 Å². The number of rotatable bonds is 3. The Bertz CT molecular complexity index is 492. The average Bonchev–Trinajstić information content (AvgIpc) is 2.74. The van der Waals surface area contributed by atoms with Gasteiger partial charge in [0.25, 0.3) is 0 Å². The second-order valence-corrected chi connectivity index (χ2v) is 3.50. The predicted molar refractivity (Wildman–Crippen MR) is 61.9 cm³/mol. The van der Waals surface area contributed by atoms with E-state index in [9.17, 15) is 0 Å². The fraction of sp³-hybridized carbons (Fsp3) is 0.250. The van der Waals surface area contributed by atoms with E-state index in [0.29, 0.717) is 0 Å². The van der Waals surface area contributed by atoms with E-state index in [0.717, 1.165) is 28.5 Å². The van der Waals surface area contributed by atoms with Gasteiger partial charge in [-0.1, -0.05) is 0 Å². The van der Waals surface area contributed by atoms with E-state index < -0.39 is 0 Å². The maximum atomic E-state index is 5.32. The summed E-state index contributed by atoms with van der Waals surface area (Å²) in [4.78, 5) is 0. The quantitative estimate of drug-likeness (QED) is 0.860. The molecule has 1 aromatic carbocycles. The lowest BCUT2D eigenvalue weighted by molar-refractivity contribution is 0.395. The molecular weight excluding hydrogens is 204 g/mol. The zero-order valence-electron chi connectivity index (χ0n) is 9.57. The lowest BCUT2D eigenvalue weighted by Gasteiger charge is -2.08. The minimum atomic E-state index is 0.755. The maximum Gasteiger partial charge on any atom is 0.132 e. The van der Waals surface area contributed by atoms with Gasteiger partial charge in [-0.2, -0.15) is 5.10 Å². The molecule has 2 rings (SSSR count). The Hall–Kier alpha value is -1.97. The fourth-order valence-electron chi connectivity index (χ4n) is 1.57. The number of nitrogens with zero attached hydrogens (tertiary/aromatic N) is 1. The Kier molecular flexibility index (Phi) is 2.81. The molecule has 0 aliphatic carbocycles. The molecule has 0 spiro atoms. The van der Waals surface area contributed by atoms with Crippen LogP contribution in [0.25, 0.3) is 11.3 Å². The van der Waals surface area contributed by atoms with E-state index in [-0.39, 0.29) is 0 Å². The maximum absolute atomic E-state index is 5.32. The van der Waals surface area contributed by atoms with Crippen molar-refractivity contribution in [1.29, 1.82) is 0 Å². The van der Waals surface area contributed by atoms with Crippen LogP contribution < -0.4 is 9.47 Å². The zero-order valence-corrected chi connectivity index (χ0v) is 9.57. The normalized spacial score (nSPS) is 10.2. The standard InChI is InChI=1S/C12H14N2O2/c1-8-6-11(14-13-8)10-5-4-9(15-2)7-12(10)16-3/h4-7H,1-3H3,(H,13,14). The molecule has 0 radical (unpaired) electrons. The molecule has 4 heteroatoms. The smallest absolute Gasteiger partial charge is 0.132 e. The Balaban J connectivity index is 2.48. The van der Waals surface area contributed by atoms with E-state index in [1.54, 1.807) is 14.2 Å². The predicted octanol–water partition coefficient (Wildman–Crippen LogP) is 2.40. The van der Waals surface area contributed by atoms with Gasteiger partial charge in [0.05, 0.1) is 19.9 Å². The van der Waals surface area contributed by atoms with Gasteiger partial charge in [-0.25, -0.2) is 0 Å². The van der Waals surface area contributed by atoms with Crippen molar-refractivity contribution in [1.82, 2.24) is 10.2 Å². The van der Waals surface area contributed by atoms with Gasteiger partial charge in [-0.05, 0) is 25.1 Å². The number of hydrogen-bond acceptors (Lipinski definition) is 3. The summed E-state index contributed by atoms with van der Waals surface area (Å²) in [6, 6.07) is 7.65. The van der Waals surface area contributed by atoms with Crippen molar-refractivity contribution in [3.05, 3.63) is 30.0 Å². The lowest BCUT2D eigenvalue weighted by atomic mass is 10.1. The minimum absolute atomic E-state index is 0.755. The second-order valence-electron chi connectivity index (χ2n) is 3.50. The molecule has 16 heavy (non-hydrogen) atoms. The molecule has 0 aliphatic heterocycles. The van der Waals surface area contributed by atoms with E-state index in [1.165, 1.54) is 0 Å². The van der Waals surface area contributed by atoms with Crippen LogP contribution in [0.4, 0.5) is 0 Å².